The smallest absolute Gasteiger partial charge is 0.460 e. The monoisotopic (exact) mass is 380 g/mol. The molecule has 1 aromatic carbocycles. The van der Waals surface area contributed by atoms with Crippen molar-refractivity contribution in [1.29, 1.82) is 0 Å². The fourth-order valence-electron chi connectivity index (χ4n) is 2.41. The summed E-state index contributed by atoms with van der Waals surface area (Å²) < 4.78 is 120. The van der Waals surface area contributed by atoms with E-state index in [0.29, 0.717) is 6.29 Å². The van der Waals surface area contributed by atoms with Crippen molar-refractivity contribution in [1.82, 2.24) is 0 Å². The molecule has 1 heterocycles. The van der Waals surface area contributed by atoms with Crippen LogP contribution in [-0.4, -0.2) is 36.3 Å². The maximum atomic E-state index is 13.6. The van der Waals surface area contributed by atoms with Crippen LogP contribution in [0.1, 0.15) is 22.3 Å². The Morgan fingerprint density at radius 2 is 1.60 bits per heavy atom. The fourth-order valence-corrected chi connectivity index (χ4v) is 2.41. The van der Waals surface area contributed by atoms with Gasteiger partial charge in [0.25, 0.3) is 0 Å². The third-order valence-electron chi connectivity index (χ3n) is 3.72. The van der Waals surface area contributed by atoms with Crippen molar-refractivity contribution in [3.63, 3.8) is 0 Å². The van der Waals surface area contributed by atoms with Crippen molar-refractivity contribution >= 4 is 6.29 Å². The van der Waals surface area contributed by atoms with Crippen LogP contribution in [0.2, 0.25) is 0 Å². The Balaban J connectivity index is 2.24. The number of halogens is 9. The summed E-state index contributed by atoms with van der Waals surface area (Å²) in [7, 11) is 0. The maximum Gasteiger partial charge on any atom is 0.460 e. The number of benzene rings is 1. The van der Waals surface area contributed by atoms with Gasteiger partial charge in [-0.05, 0) is 6.07 Å². The summed E-state index contributed by atoms with van der Waals surface area (Å²) >= 11 is 0. The number of hydrogen-bond acceptors (Lipinski definition) is 2. The molecule has 2 nitrogen and oxygen atoms in total. The maximum absolute atomic E-state index is 13.6. The van der Waals surface area contributed by atoms with E-state index in [1.807, 2.05) is 0 Å². The van der Waals surface area contributed by atoms with E-state index in [0.717, 1.165) is 0 Å². The molecule has 1 aliphatic heterocycles. The molecule has 11 heteroatoms. The van der Waals surface area contributed by atoms with Gasteiger partial charge in [0.2, 0.25) is 0 Å². The number of alkyl halides is 9. The number of hydrogen-bond donors (Lipinski definition) is 0. The third kappa shape index (κ3) is 3.04. The van der Waals surface area contributed by atoms with Crippen LogP contribution in [0.25, 0.3) is 0 Å². The van der Waals surface area contributed by atoms with E-state index in [1.54, 1.807) is 0 Å². The fraction of sp³-hybridized carbons (Fsp3) is 0.500. The molecule has 1 aromatic rings. The number of rotatable bonds is 5. The van der Waals surface area contributed by atoms with E-state index in [4.69, 9.17) is 4.74 Å². The van der Waals surface area contributed by atoms with Gasteiger partial charge in [0.1, 0.15) is 18.1 Å². The van der Waals surface area contributed by atoms with Gasteiger partial charge >= 0.3 is 23.9 Å². The zero-order chi connectivity index (χ0) is 19.3. The van der Waals surface area contributed by atoms with Crippen LogP contribution in [0.15, 0.2) is 18.2 Å². The SMILES string of the molecule is O=Cc1cccc2c1CC(CC(F)(F)C(F)(F)C(F)(F)C(F)(F)F)O2. The summed E-state index contributed by atoms with van der Waals surface area (Å²) in [6.45, 7) is 0. The quantitative estimate of drug-likeness (QED) is 0.549. The molecule has 0 saturated carbocycles. The van der Waals surface area contributed by atoms with Crippen LogP contribution in [-0.2, 0) is 6.42 Å². The summed E-state index contributed by atoms with van der Waals surface area (Å²) in [6.07, 6.45) is -10.9. The van der Waals surface area contributed by atoms with Crippen LogP contribution >= 0.6 is 0 Å². The van der Waals surface area contributed by atoms with Crippen molar-refractivity contribution in [2.45, 2.75) is 42.9 Å². The Hall–Kier alpha value is -1.94. The van der Waals surface area contributed by atoms with Gasteiger partial charge in [0, 0.05) is 17.5 Å². The van der Waals surface area contributed by atoms with E-state index in [-0.39, 0.29) is 16.9 Å². The summed E-state index contributed by atoms with van der Waals surface area (Å²) in [5.41, 5.74) is 0.0971. The van der Waals surface area contributed by atoms with Crippen LogP contribution < -0.4 is 4.74 Å². The van der Waals surface area contributed by atoms with E-state index in [1.165, 1.54) is 18.2 Å². The minimum absolute atomic E-state index is 0.00991. The van der Waals surface area contributed by atoms with E-state index in [9.17, 15) is 44.3 Å². The summed E-state index contributed by atoms with van der Waals surface area (Å²) in [5.74, 6) is -19.4. The average Bonchev–Trinajstić information content (AvgIpc) is 2.86. The number of carbonyl (C=O) groups is 1. The van der Waals surface area contributed by atoms with Crippen molar-refractivity contribution in [3.8, 4) is 5.75 Å². The van der Waals surface area contributed by atoms with Gasteiger partial charge in [0.05, 0.1) is 6.42 Å². The molecule has 0 N–H and O–H groups in total. The van der Waals surface area contributed by atoms with E-state index < -0.39 is 42.9 Å². The summed E-state index contributed by atoms with van der Waals surface area (Å²) in [6, 6.07) is 3.81. The van der Waals surface area contributed by atoms with E-state index in [2.05, 4.69) is 0 Å². The second kappa shape index (κ2) is 5.80. The van der Waals surface area contributed by atoms with Gasteiger partial charge < -0.3 is 4.74 Å². The lowest BCUT2D eigenvalue weighted by atomic mass is 9.95. The van der Waals surface area contributed by atoms with Gasteiger partial charge in [-0.2, -0.15) is 39.5 Å². The highest BCUT2D eigenvalue weighted by Crippen LogP contribution is 2.54. The minimum Gasteiger partial charge on any atom is -0.490 e. The molecule has 0 aromatic heterocycles. The number of fused-ring (bicyclic) bond motifs is 1. The van der Waals surface area contributed by atoms with Gasteiger partial charge in [-0.25, -0.2) is 0 Å². The molecule has 1 atom stereocenters. The zero-order valence-corrected chi connectivity index (χ0v) is 12.0. The number of ether oxygens (including phenoxy) is 1. The first-order valence-corrected chi connectivity index (χ1v) is 6.68. The Morgan fingerprint density at radius 3 is 2.12 bits per heavy atom. The first kappa shape index (κ1) is 19.4. The van der Waals surface area contributed by atoms with Crippen LogP contribution in [0.3, 0.4) is 0 Å². The zero-order valence-electron chi connectivity index (χ0n) is 12.0. The van der Waals surface area contributed by atoms with Gasteiger partial charge in [-0.3, -0.25) is 4.79 Å². The Morgan fingerprint density at radius 1 is 1.00 bits per heavy atom. The molecule has 0 spiro atoms. The van der Waals surface area contributed by atoms with Gasteiger partial charge in [-0.15, -0.1) is 0 Å². The van der Waals surface area contributed by atoms with Crippen molar-refractivity contribution in [2.75, 3.05) is 0 Å². The molecule has 0 radical (unpaired) electrons. The van der Waals surface area contributed by atoms with E-state index >= 15 is 0 Å². The van der Waals surface area contributed by atoms with Crippen LogP contribution in [0.5, 0.6) is 5.75 Å². The molecule has 1 unspecified atom stereocenters. The molecule has 0 aliphatic carbocycles. The Labute approximate surface area is 134 Å². The first-order chi connectivity index (χ1) is 11.2. The third-order valence-corrected chi connectivity index (χ3v) is 3.72. The molecular weight excluding hydrogens is 371 g/mol. The van der Waals surface area contributed by atoms with Crippen LogP contribution in [0.4, 0.5) is 39.5 Å². The largest absolute Gasteiger partial charge is 0.490 e. The normalized spacial score (nSPS) is 18.7. The van der Waals surface area contributed by atoms with Crippen LogP contribution in [0, 0.1) is 0 Å². The molecule has 2 rings (SSSR count). The predicted octanol–water partition coefficient (Wildman–Crippen LogP) is 4.66. The highest BCUT2D eigenvalue weighted by molar-refractivity contribution is 5.79. The molecule has 1 aliphatic rings. The number of carbonyl (C=O) groups excluding carboxylic acids is 1. The molecule has 140 valence electrons. The predicted molar refractivity (Wildman–Crippen MR) is 65.5 cm³/mol. The van der Waals surface area contributed by atoms with Crippen molar-refractivity contribution in [2.24, 2.45) is 0 Å². The standard InChI is InChI=1S/C14H9F9O2/c15-11(16,12(17,18)13(19,20)14(21,22)23)5-8-4-9-7(6-24)2-1-3-10(9)25-8/h1-3,6,8H,4-5H2. The molecule has 0 bridgehead atoms. The Kier molecular flexibility index (Phi) is 4.50. The summed E-state index contributed by atoms with van der Waals surface area (Å²) in [4.78, 5) is 10.8. The lowest BCUT2D eigenvalue weighted by Gasteiger charge is -2.34. The second-order valence-electron chi connectivity index (χ2n) is 5.44. The number of aldehydes is 1. The van der Waals surface area contributed by atoms with Crippen molar-refractivity contribution < 1.29 is 49.0 Å². The average molecular weight is 380 g/mol. The van der Waals surface area contributed by atoms with Gasteiger partial charge in [0.15, 0.2) is 0 Å². The first-order valence-electron chi connectivity index (χ1n) is 6.68. The summed E-state index contributed by atoms with van der Waals surface area (Å²) in [5, 5.41) is 0. The molecule has 0 amide bonds. The highest BCUT2D eigenvalue weighted by Gasteiger charge is 2.81. The highest BCUT2D eigenvalue weighted by atomic mass is 19.4. The second-order valence-corrected chi connectivity index (χ2v) is 5.44. The molecular formula is C14H9F9O2. The van der Waals surface area contributed by atoms with Gasteiger partial charge in [-0.1, -0.05) is 12.1 Å². The lowest BCUT2D eigenvalue weighted by molar-refractivity contribution is -0.397. The minimum atomic E-state index is -6.93. The molecule has 25 heavy (non-hydrogen) atoms. The lowest BCUT2D eigenvalue weighted by Crippen LogP contribution is -2.61. The molecule has 0 saturated heterocycles. The Bertz CT molecular complexity index is 667. The topological polar surface area (TPSA) is 26.3 Å². The molecule has 0 fully saturated rings. The van der Waals surface area contributed by atoms with Crippen molar-refractivity contribution in [3.05, 3.63) is 29.3 Å².